The van der Waals surface area contributed by atoms with E-state index in [-0.39, 0.29) is 5.56 Å². The van der Waals surface area contributed by atoms with E-state index < -0.39 is 0 Å². The van der Waals surface area contributed by atoms with Crippen LogP contribution in [-0.4, -0.2) is 57.0 Å². The first-order valence-electron chi connectivity index (χ1n) is 10.8. The summed E-state index contributed by atoms with van der Waals surface area (Å²) in [5.74, 6) is 0.890. The molecule has 166 valence electrons. The SMILES string of the molecule is CCOc1ccc(-c2nc(CN3CCN(Cc4cc(=O)n5ccsc5n4)CC3)cs2)cc1. The van der Waals surface area contributed by atoms with Crippen molar-refractivity contribution < 1.29 is 4.74 Å². The summed E-state index contributed by atoms with van der Waals surface area (Å²) in [5.41, 5.74) is 3.09. The zero-order valence-electron chi connectivity index (χ0n) is 17.9. The van der Waals surface area contributed by atoms with E-state index in [1.165, 1.54) is 11.3 Å². The molecule has 0 radical (unpaired) electrons. The Balaban J connectivity index is 1.15. The van der Waals surface area contributed by atoms with Gasteiger partial charge in [0.05, 0.1) is 18.0 Å². The molecule has 32 heavy (non-hydrogen) atoms. The number of aromatic nitrogens is 3. The Morgan fingerprint density at radius 2 is 1.69 bits per heavy atom. The van der Waals surface area contributed by atoms with Crippen molar-refractivity contribution in [2.45, 2.75) is 20.0 Å². The molecule has 4 aromatic rings. The maximum Gasteiger partial charge on any atom is 0.258 e. The lowest BCUT2D eigenvalue weighted by Crippen LogP contribution is -2.45. The van der Waals surface area contributed by atoms with Gasteiger partial charge in [-0.3, -0.25) is 19.0 Å². The van der Waals surface area contributed by atoms with Crippen LogP contribution in [0.2, 0.25) is 0 Å². The third kappa shape index (κ3) is 4.75. The summed E-state index contributed by atoms with van der Waals surface area (Å²) >= 11 is 3.18. The fraction of sp³-hybridized carbons (Fsp3) is 0.348. The zero-order chi connectivity index (χ0) is 21.9. The molecule has 1 saturated heterocycles. The van der Waals surface area contributed by atoms with Crippen molar-refractivity contribution in [1.82, 2.24) is 24.2 Å². The summed E-state index contributed by atoms with van der Waals surface area (Å²) in [6.07, 6.45) is 1.78. The van der Waals surface area contributed by atoms with Crippen LogP contribution in [0.3, 0.4) is 0 Å². The van der Waals surface area contributed by atoms with Crippen LogP contribution in [0.15, 0.2) is 52.1 Å². The second kappa shape index (κ2) is 9.50. The van der Waals surface area contributed by atoms with E-state index in [2.05, 4.69) is 32.3 Å². The van der Waals surface area contributed by atoms with Gasteiger partial charge in [0.15, 0.2) is 4.96 Å². The summed E-state index contributed by atoms with van der Waals surface area (Å²) in [7, 11) is 0. The van der Waals surface area contributed by atoms with Gasteiger partial charge in [0, 0.05) is 67.9 Å². The van der Waals surface area contributed by atoms with Crippen LogP contribution in [0.25, 0.3) is 15.5 Å². The lowest BCUT2D eigenvalue weighted by atomic mass is 10.2. The quantitative estimate of drug-likeness (QED) is 0.414. The summed E-state index contributed by atoms with van der Waals surface area (Å²) in [4.78, 5) is 27.3. The molecule has 0 N–H and O–H groups in total. The van der Waals surface area contributed by atoms with Crippen molar-refractivity contribution in [3.8, 4) is 16.3 Å². The Bertz CT molecular complexity index is 1240. The molecule has 7 nitrogen and oxygen atoms in total. The standard InChI is InChI=1S/C23H25N5O2S2/c1-2-30-20-5-3-17(4-6-20)22-24-19(16-32-22)15-27-9-7-26(8-10-27)14-18-13-21(29)28-11-12-31-23(28)25-18/h3-6,11-13,16H,2,7-10,14-15H2,1H3. The van der Waals surface area contributed by atoms with Gasteiger partial charge >= 0.3 is 0 Å². The minimum Gasteiger partial charge on any atom is -0.494 e. The molecule has 0 atom stereocenters. The van der Waals surface area contributed by atoms with Gasteiger partial charge in [0.1, 0.15) is 10.8 Å². The van der Waals surface area contributed by atoms with Crippen molar-refractivity contribution >= 4 is 27.6 Å². The summed E-state index contributed by atoms with van der Waals surface area (Å²) < 4.78 is 7.12. The number of hydrogen-bond donors (Lipinski definition) is 0. The third-order valence-electron chi connectivity index (χ3n) is 5.56. The first-order chi connectivity index (χ1) is 15.7. The predicted octanol–water partition coefficient (Wildman–Crippen LogP) is 3.60. The molecule has 0 saturated carbocycles. The highest BCUT2D eigenvalue weighted by Gasteiger charge is 2.19. The number of thiazole rings is 2. The minimum atomic E-state index is -0.00301. The fourth-order valence-electron chi connectivity index (χ4n) is 3.91. The van der Waals surface area contributed by atoms with Crippen LogP contribution in [0.5, 0.6) is 5.75 Å². The molecular weight excluding hydrogens is 442 g/mol. The average Bonchev–Trinajstić information content (AvgIpc) is 3.46. The van der Waals surface area contributed by atoms with Crippen LogP contribution < -0.4 is 10.3 Å². The van der Waals surface area contributed by atoms with E-state index in [1.807, 2.05) is 24.4 Å². The number of fused-ring (bicyclic) bond motifs is 1. The second-order valence-corrected chi connectivity index (χ2v) is 9.53. The first kappa shape index (κ1) is 21.3. The topological polar surface area (TPSA) is 63.0 Å². The van der Waals surface area contributed by atoms with Crippen LogP contribution in [0.4, 0.5) is 0 Å². The Morgan fingerprint density at radius 1 is 0.969 bits per heavy atom. The van der Waals surface area contributed by atoms with E-state index in [4.69, 9.17) is 9.72 Å². The van der Waals surface area contributed by atoms with Crippen LogP contribution in [0, 0.1) is 0 Å². The first-order valence-corrected chi connectivity index (χ1v) is 12.5. The summed E-state index contributed by atoms with van der Waals surface area (Å²) in [5, 5.41) is 5.10. The monoisotopic (exact) mass is 467 g/mol. The molecule has 4 heterocycles. The number of hydrogen-bond acceptors (Lipinski definition) is 8. The van der Waals surface area contributed by atoms with Gasteiger partial charge in [0.25, 0.3) is 5.56 Å². The maximum atomic E-state index is 12.2. The van der Waals surface area contributed by atoms with E-state index >= 15 is 0 Å². The molecule has 1 aromatic carbocycles. The molecule has 1 aliphatic rings. The van der Waals surface area contributed by atoms with Crippen LogP contribution in [-0.2, 0) is 13.1 Å². The van der Waals surface area contributed by atoms with E-state index in [9.17, 15) is 4.79 Å². The Labute approximate surface area is 194 Å². The highest BCUT2D eigenvalue weighted by molar-refractivity contribution is 7.15. The van der Waals surface area contributed by atoms with Gasteiger partial charge in [-0.1, -0.05) is 0 Å². The maximum absolute atomic E-state index is 12.2. The Morgan fingerprint density at radius 3 is 2.41 bits per heavy atom. The number of piperazine rings is 1. The Kier molecular flexibility index (Phi) is 6.31. The highest BCUT2D eigenvalue weighted by Crippen LogP contribution is 2.26. The smallest absolute Gasteiger partial charge is 0.258 e. The lowest BCUT2D eigenvalue weighted by molar-refractivity contribution is 0.120. The van der Waals surface area contributed by atoms with E-state index in [1.54, 1.807) is 28.0 Å². The van der Waals surface area contributed by atoms with E-state index in [0.29, 0.717) is 6.61 Å². The molecule has 0 amide bonds. The summed E-state index contributed by atoms with van der Waals surface area (Å²) in [6.45, 7) is 8.13. The third-order valence-corrected chi connectivity index (χ3v) is 7.25. The molecule has 5 rings (SSSR count). The summed E-state index contributed by atoms with van der Waals surface area (Å²) in [6, 6.07) is 9.79. The second-order valence-electron chi connectivity index (χ2n) is 7.79. The number of benzene rings is 1. The molecule has 1 fully saturated rings. The molecule has 1 aliphatic heterocycles. The van der Waals surface area contributed by atoms with Crippen molar-refractivity contribution in [3.05, 3.63) is 69.0 Å². The van der Waals surface area contributed by atoms with Crippen LogP contribution in [0.1, 0.15) is 18.3 Å². The van der Waals surface area contributed by atoms with E-state index in [0.717, 1.165) is 71.9 Å². The fourth-order valence-corrected chi connectivity index (χ4v) is 5.46. The zero-order valence-corrected chi connectivity index (χ0v) is 19.6. The van der Waals surface area contributed by atoms with Crippen molar-refractivity contribution in [3.63, 3.8) is 0 Å². The number of ether oxygens (including phenoxy) is 1. The number of rotatable bonds is 7. The average molecular weight is 468 g/mol. The predicted molar refractivity (Wildman–Crippen MR) is 129 cm³/mol. The molecule has 0 aliphatic carbocycles. The van der Waals surface area contributed by atoms with Crippen molar-refractivity contribution in [2.24, 2.45) is 0 Å². The van der Waals surface area contributed by atoms with Gasteiger partial charge in [-0.2, -0.15) is 0 Å². The van der Waals surface area contributed by atoms with Crippen molar-refractivity contribution in [2.75, 3.05) is 32.8 Å². The van der Waals surface area contributed by atoms with Gasteiger partial charge in [0.2, 0.25) is 0 Å². The van der Waals surface area contributed by atoms with Gasteiger partial charge in [-0.15, -0.1) is 22.7 Å². The van der Waals surface area contributed by atoms with Crippen molar-refractivity contribution in [1.29, 1.82) is 0 Å². The normalized spacial score (nSPS) is 15.4. The molecular formula is C23H25N5O2S2. The molecule has 0 spiro atoms. The van der Waals surface area contributed by atoms with Crippen LogP contribution >= 0.6 is 22.7 Å². The minimum absolute atomic E-state index is 0.00301. The largest absolute Gasteiger partial charge is 0.494 e. The lowest BCUT2D eigenvalue weighted by Gasteiger charge is -2.34. The molecule has 0 bridgehead atoms. The molecule has 3 aromatic heterocycles. The molecule has 0 unspecified atom stereocenters. The highest BCUT2D eigenvalue weighted by atomic mass is 32.1. The molecule has 9 heteroatoms. The number of nitrogens with zero attached hydrogens (tertiary/aromatic N) is 5. The Hall–Kier alpha value is -2.59. The van der Waals surface area contributed by atoms with Gasteiger partial charge in [-0.05, 0) is 31.2 Å². The van der Waals surface area contributed by atoms with Gasteiger partial charge < -0.3 is 4.74 Å². The van der Waals surface area contributed by atoms with Gasteiger partial charge in [-0.25, -0.2) is 9.97 Å².